The average Bonchev–Trinajstić information content (AvgIpc) is 2.92. The summed E-state index contributed by atoms with van der Waals surface area (Å²) in [6, 6.07) is 0.243. The Kier molecular flexibility index (Phi) is 8.59. The van der Waals surface area contributed by atoms with Crippen LogP contribution >= 0.6 is 35.3 Å². The molecule has 0 aliphatic carbocycles. The molecule has 0 unspecified atom stereocenters. The van der Waals surface area contributed by atoms with E-state index in [0.29, 0.717) is 32.2 Å². The number of aromatic nitrogens is 1. The minimum Gasteiger partial charge on any atom is -0.450 e. The summed E-state index contributed by atoms with van der Waals surface area (Å²) < 4.78 is 5.00. The SMILES string of the molecule is CCOC(=O)N1CCC(NC(N)=NCc2ncc(C)s2)CC1.I. The van der Waals surface area contributed by atoms with Crippen molar-refractivity contribution in [2.75, 3.05) is 19.7 Å². The van der Waals surface area contributed by atoms with Crippen LogP contribution < -0.4 is 11.1 Å². The number of piperidine rings is 1. The van der Waals surface area contributed by atoms with Crippen molar-refractivity contribution in [2.24, 2.45) is 10.7 Å². The number of nitrogens with one attached hydrogen (secondary N) is 1. The second kappa shape index (κ2) is 9.91. The molecule has 1 aliphatic rings. The molecule has 3 N–H and O–H groups in total. The molecule has 0 bridgehead atoms. The van der Waals surface area contributed by atoms with Crippen LogP contribution in [0.15, 0.2) is 11.2 Å². The zero-order chi connectivity index (χ0) is 15.9. The molecule has 9 heteroatoms. The van der Waals surface area contributed by atoms with Crippen LogP contribution in [-0.2, 0) is 11.3 Å². The Labute approximate surface area is 157 Å². The Balaban J connectivity index is 0.00000264. The molecule has 2 rings (SSSR count). The minimum absolute atomic E-state index is 0. The molecule has 1 fully saturated rings. The standard InChI is InChI=1S/C14H23N5O2S.HI/c1-3-21-14(20)19-6-4-11(5-7-19)18-13(15)17-9-12-16-8-10(2)22-12;/h8,11H,3-7,9H2,1-2H3,(H3,15,17,18);1H. The highest BCUT2D eigenvalue weighted by molar-refractivity contribution is 14.0. The molecule has 1 aromatic heterocycles. The van der Waals surface area contributed by atoms with Gasteiger partial charge >= 0.3 is 6.09 Å². The third kappa shape index (κ3) is 6.50. The lowest BCUT2D eigenvalue weighted by Crippen LogP contribution is -2.48. The normalized spacial score (nSPS) is 15.9. The summed E-state index contributed by atoms with van der Waals surface area (Å²) in [6.45, 7) is 6.09. The number of halogens is 1. The van der Waals surface area contributed by atoms with Crippen LogP contribution in [0.1, 0.15) is 29.7 Å². The molecule has 1 aromatic rings. The Hall–Kier alpha value is -1.10. The summed E-state index contributed by atoms with van der Waals surface area (Å²) in [5, 5.41) is 4.17. The molecule has 7 nitrogen and oxygen atoms in total. The summed E-state index contributed by atoms with van der Waals surface area (Å²) in [5.74, 6) is 0.433. The zero-order valence-electron chi connectivity index (χ0n) is 13.4. The van der Waals surface area contributed by atoms with Gasteiger partial charge < -0.3 is 20.7 Å². The van der Waals surface area contributed by atoms with E-state index in [2.05, 4.69) is 15.3 Å². The number of carbonyl (C=O) groups is 1. The van der Waals surface area contributed by atoms with Gasteiger partial charge in [0, 0.05) is 30.2 Å². The van der Waals surface area contributed by atoms with Gasteiger partial charge in [0.05, 0.1) is 13.2 Å². The van der Waals surface area contributed by atoms with Crippen LogP contribution in [0.4, 0.5) is 4.79 Å². The number of likely N-dealkylation sites (tertiary alicyclic amines) is 1. The van der Waals surface area contributed by atoms with Crippen molar-refractivity contribution in [2.45, 2.75) is 39.3 Å². The number of thiazole rings is 1. The molecule has 130 valence electrons. The maximum Gasteiger partial charge on any atom is 0.409 e. The summed E-state index contributed by atoms with van der Waals surface area (Å²) in [4.78, 5) is 23.1. The summed E-state index contributed by atoms with van der Waals surface area (Å²) in [7, 11) is 0. The highest BCUT2D eigenvalue weighted by Gasteiger charge is 2.23. The van der Waals surface area contributed by atoms with Gasteiger partial charge in [0.15, 0.2) is 5.96 Å². The van der Waals surface area contributed by atoms with Crippen LogP contribution in [0.2, 0.25) is 0 Å². The van der Waals surface area contributed by atoms with E-state index < -0.39 is 0 Å². The number of carbonyl (C=O) groups excluding carboxylic acids is 1. The number of nitrogens with two attached hydrogens (primary N) is 1. The van der Waals surface area contributed by atoms with Gasteiger partial charge in [0.25, 0.3) is 0 Å². The number of amides is 1. The van der Waals surface area contributed by atoms with Crippen molar-refractivity contribution in [1.29, 1.82) is 0 Å². The minimum atomic E-state index is -0.235. The van der Waals surface area contributed by atoms with Crippen molar-refractivity contribution >= 4 is 47.4 Å². The smallest absolute Gasteiger partial charge is 0.409 e. The summed E-state index contributed by atoms with van der Waals surface area (Å²) in [5.41, 5.74) is 5.91. The second-order valence-electron chi connectivity index (χ2n) is 5.17. The number of nitrogens with zero attached hydrogens (tertiary/aromatic N) is 3. The van der Waals surface area contributed by atoms with Crippen LogP contribution in [0.25, 0.3) is 0 Å². The fraction of sp³-hybridized carbons (Fsp3) is 0.643. The number of guanidine groups is 1. The van der Waals surface area contributed by atoms with Gasteiger partial charge in [-0.15, -0.1) is 35.3 Å². The van der Waals surface area contributed by atoms with E-state index in [9.17, 15) is 4.79 Å². The lowest BCUT2D eigenvalue weighted by molar-refractivity contribution is 0.0963. The Morgan fingerprint density at radius 1 is 1.57 bits per heavy atom. The molecular formula is C14H24IN5O2S. The van der Waals surface area contributed by atoms with E-state index in [-0.39, 0.29) is 36.1 Å². The largest absolute Gasteiger partial charge is 0.450 e. The van der Waals surface area contributed by atoms with Gasteiger partial charge in [-0.05, 0) is 26.7 Å². The molecule has 0 atom stereocenters. The first-order chi connectivity index (χ1) is 10.6. The van der Waals surface area contributed by atoms with Gasteiger partial charge in [-0.2, -0.15) is 0 Å². The number of hydrogen-bond acceptors (Lipinski definition) is 5. The van der Waals surface area contributed by atoms with Gasteiger partial charge in [0.2, 0.25) is 0 Å². The first-order valence-electron chi connectivity index (χ1n) is 7.48. The fourth-order valence-corrected chi connectivity index (χ4v) is 3.01. The lowest BCUT2D eigenvalue weighted by Gasteiger charge is -2.31. The monoisotopic (exact) mass is 453 g/mol. The third-order valence-corrected chi connectivity index (χ3v) is 4.32. The average molecular weight is 453 g/mol. The second-order valence-corrected chi connectivity index (χ2v) is 6.49. The molecule has 0 aromatic carbocycles. The van der Waals surface area contributed by atoms with Gasteiger partial charge in [-0.1, -0.05) is 0 Å². The van der Waals surface area contributed by atoms with Crippen LogP contribution in [0.5, 0.6) is 0 Å². The van der Waals surface area contributed by atoms with E-state index in [1.165, 1.54) is 4.88 Å². The molecule has 2 heterocycles. The van der Waals surface area contributed by atoms with Crippen molar-refractivity contribution in [3.8, 4) is 0 Å². The highest BCUT2D eigenvalue weighted by Crippen LogP contribution is 2.13. The van der Waals surface area contributed by atoms with Crippen LogP contribution in [-0.4, -0.2) is 47.7 Å². The Morgan fingerprint density at radius 3 is 2.83 bits per heavy atom. The summed E-state index contributed by atoms with van der Waals surface area (Å²) in [6.07, 6.45) is 3.28. The maximum atomic E-state index is 11.6. The van der Waals surface area contributed by atoms with Crippen molar-refractivity contribution in [3.63, 3.8) is 0 Å². The van der Waals surface area contributed by atoms with E-state index in [1.807, 2.05) is 20.0 Å². The van der Waals surface area contributed by atoms with Crippen molar-refractivity contribution < 1.29 is 9.53 Å². The van der Waals surface area contributed by atoms with Gasteiger partial charge in [-0.25, -0.2) is 14.8 Å². The highest BCUT2D eigenvalue weighted by atomic mass is 127. The van der Waals surface area contributed by atoms with Crippen molar-refractivity contribution in [1.82, 2.24) is 15.2 Å². The molecular weight excluding hydrogens is 429 g/mol. The molecule has 1 saturated heterocycles. The molecule has 1 aliphatic heterocycles. The van der Waals surface area contributed by atoms with Gasteiger partial charge in [-0.3, -0.25) is 0 Å². The predicted molar refractivity (Wildman–Crippen MR) is 102 cm³/mol. The first kappa shape index (κ1) is 19.9. The number of rotatable bonds is 4. The van der Waals surface area contributed by atoms with E-state index in [1.54, 1.807) is 16.2 Å². The molecule has 0 spiro atoms. The number of aryl methyl sites for hydroxylation is 1. The quantitative estimate of drug-likeness (QED) is 0.414. The van der Waals surface area contributed by atoms with Crippen LogP contribution in [0.3, 0.4) is 0 Å². The van der Waals surface area contributed by atoms with E-state index in [4.69, 9.17) is 10.5 Å². The third-order valence-electron chi connectivity index (χ3n) is 3.43. The topological polar surface area (TPSA) is 92.8 Å². The maximum absolute atomic E-state index is 11.6. The predicted octanol–water partition coefficient (Wildman–Crippen LogP) is 2.09. The molecule has 0 saturated carbocycles. The molecule has 0 radical (unpaired) electrons. The Bertz CT molecular complexity index is 529. The lowest BCUT2D eigenvalue weighted by atomic mass is 10.1. The van der Waals surface area contributed by atoms with Crippen LogP contribution in [0, 0.1) is 6.92 Å². The number of hydrogen-bond donors (Lipinski definition) is 2. The molecule has 23 heavy (non-hydrogen) atoms. The number of ether oxygens (including phenoxy) is 1. The Morgan fingerprint density at radius 2 is 2.26 bits per heavy atom. The first-order valence-corrected chi connectivity index (χ1v) is 8.29. The zero-order valence-corrected chi connectivity index (χ0v) is 16.6. The fourth-order valence-electron chi connectivity index (χ4n) is 2.30. The summed E-state index contributed by atoms with van der Waals surface area (Å²) >= 11 is 1.62. The van der Waals surface area contributed by atoms with Crippen molar-refractivity contribution in [3.05, 3.63) is 16.1 Å². The van der Waals surface area contributed by atoms with E-state index >= 15 is 0 Å². The van der Waals surface area contributed by atoms with E-state index in [0.717, 1.165) is 17.8 Å². The molecule has 1 amide bonds. The number of aliphatic imine (C=N–C) groups is 1. The van der Waals surface area contributed by atoms with Gasteiger partial charge in [0.1, 0.15) is 5.01 Å².